The minimum absolute atomic E-state index is 0.206. The Balaban J connectivity index is 2.18. The van der Waals surface area contributed by atoms with Crippen LogP contribution in [0.4, 0.5) is 4.79 Å². The van der Waals surface area contributed by atoms with Gasteiger partial charge >= 0.3 is 12.1 Å². The van der Waals surface area contributed by atoms with Gasteiger partial charge in [0.25, 0.3) is 0 Å². The van der Waals surface area contributed by atoms with Crippen molar-refractivity contribution in [1.29, 1.82) is 0 Å². The fourth-order valence-electron chi connectivity index (χ4n) is 2.75. The summed E-state index contributed by atoms with van der Waals surface area (Å²) in [6.07, 6.45) is 1.54. The summed E-state index contributed by atoms with van der Waals surface area (Å²) < 4.78 is 16.8. The zero-order chi connectivity index (χ0) is 23.7. The van der Waals surface area contributed by atoms with Crippen LogP contribution in [0.2, 0.25) is 0 Å². The molecule has 0 saturated heterocycles. The molecule has 0 spiro atoms. The SMILES string of the molecule is COC(=O)[C@H](Cc1ccc(OC(=CC=O)c2ccccc2)c(I)c1)NC(=O)OC(C)(C)C. The maximum Gasteiger partial charge on any atom is 0.408 e. The van der Waals surface area contributed by atoms with Gasteiger partial charge in [-0.1, -0.05) is 36.4 Å². The number of esters is 1. The molecule has 32 heavy (non-hydrogen) atoms. The van der Waals surface area contributed by atoms with Gasteiger partial charge in [0.2, 0.25) is 0 Å². The summed E-state index contributed by atoms with van der Waals surface area (Å²) in [6.45, 7) is 5.22. The van der Waals surface area contributed by atoms with Gasteiger partial charge in [0, 0.05) is 18.1 Å². The predicted molar refractivity (Wildman–Crippen MR) is 129 cm³/mol. The smallest absolute Gasteiger partial charge is 0.408 e. The van der Waals surface area contributed by atoms with E-state index in [0.717, 1.165) is 14.7 Å². The van der Waals surface area contributed by atoms with E-state index in [2.05, 4.69) is 27.9 Å². The van der Waals surface area contributed by atoms with Crippen molar-refractivity contribution in [1.82, 2.24) is 5.32 Å². The number of carbonyl (C=O) groups excluding carboxylic acids is 3. The summed E-state index contributed by atoms with van der Waals surface area (Å²) in [5.41, 5.74) is 0.866. The maximum atomic E-state index is 12.2. The molecule has 0 radical (unpaired) electrons. The number of hydrogen-bond donors (Lipinski definition) is 1. The van der Waals surface area contributed by atoms with Gasteiger partial charge in [-0.05, 0) is 61.1 Å². The number of benzene rings is 2. The van der Waals surface area contributed by atoms with Crippen LogP contribution in [0.3, 0.4) is 0 Å². The molecule has 0 saturated carbocycles. The molecule has 1 amide bonds. The lowest BCUT2D eigenvalue weighted by molar-refractivity contribution is -0.143. The van der Waals surface area contributed by atoms with Crippen molar-refractivity contribution in [3.8, 4) is 5.75 Å². The molecule has 0 aliphatic heterocycles. The molecule has 0 bridgehead atoms. The van der Waals surface area contributed by atoms with Crippen molar-refractivity contribution in [3.63, 3.8) is 0 Å². The molecule has 2 rings (SSSR count). The molecule has 170 valence electrons. The number of hydrogen-bond acceptors (Lipinski definition) is 6. The highest BCUT2D eigenvalue weighted by Crippen LogP contribution is 2.27. The number of amides is 1. The lowest BCUT2D eigenvalue weighted by Crippen LogP contribution is -2.45. The van der Waals surface area contributed by atoms with E-state index in [9.17, 15) is 14.4 Å². The third kappa shape index (κ3) is 7.99. The van der Waals surface area contributed by atoms with Crippen LogP contribution in [0.1, 0.15) is 31.9 Å². The molecule has 0 aromatic heterocycles. The highest BCUT2D eigenvalue weighted by Gasteiger charge is 2.25. The molecule has 2 aromatic carbocycles. The van der Waals surface area contributed by atoms with Crippen molar-refractivity contribution in [2.75, 3.05) is 7.11 Å². The van der Waals surface area contributed by atoms with Crippen LogP contribution in [0.25, 0.3) is 5.76 Å². The van der Waals surface area contributed by atoms with E-state index in [0.29, 0.717) is 17.8 Å². The molecule has 0 heterocycles. The summed E-state index contributed by atoms with van der Waals surface area (Å²) in [6, 6.07) is 13.8. The normalized spacial score (nSPS) is 12.5. The third-order valence-corrected chi connectivity index (χ3v) is 4.95. The number of methoxy groups -OCH3 is 1. The van der Waals surface area contributed by atoms with Crippen LogP contribution >= 0.6 is 22.6 Å². The van der Waals surface area contributed by atoms with Crippen LogP contribution in [0, 0.1) is 3.57 Å². The number of halogens is 1. The van der Waals surface area contributed by atoms with Crippen LogP contribution < -0.4 is 10.1 Å². The topological polar surface area (TPSA) is 90.9 Å². The van der Waals surface area contributed by atoms with Gasteiger partial charge in [-0.3, -0.25) is 4.79 Å². The van der Waals surface area contributed by atoms with E-state index in [1.54, 1.807) is 32.9 Å². The Bertz CT molecular complexity index is 982. The fourth-order valence-corrected chi connectivity index (χ4v) is 3.44. The molecule has 2 aromatic rings. The monoisotopic (exact) mass is 551 g/mol. The van der Waals surface area contributed by atoms with Crippen LogP contribution in [0.5, 0.6) is 5.75 Å². The number of alkyl carbamates (subject to hydrolysis) is 1. The van der Waals surface area contributed by atoms with Crippen LogP contribution in [-0.4, -0.2) is 37.1 Å². The summed E-state index contributed by atoms with van der Waals surface area (Å²) >= 11 is 2.12. The van der Waals surface area contributed by atoms with Crippen LogP contribution in [-0.2, 0) is 25.5 Å². The second-order valence-electron chi connectivity index (χ2n) is 7.83. The Labute approximate surface area is 201 Å². The number of nitrogens with one attached hydrogen (secondary N) is 1. The molecule has 1 N–H and O–H groups in total. The fraction of sp³-hybridized carbons (Fsp3) is 0.292. The highest BCUT2D eigenvalue weighted by atomic mass is 127. The lowest BCUT2D eigenvalue weighted by Gasteiger charge is -2.22. The van der Waals surface area contributed by atoms with E-state index in [-0.39, 0.29) is 6.42 Å². The standard InChI is InChI=1S/C24H26INO6/c1-24(2,3)32-23(29)26-19(22(28)30-4)15-16-10-11-21(18(25)14-16)31-20(12-13-27)17-8-6-5-7-9-17/h5-14,19H,15H2,1-4H3,(H,26,29)/t19-/m0/s1. The van der Waals surface area contributed by atoms with E-state index >= 15 is 0 Å². The molecular formula is C24H26INO6. The Morgan fingerprint density at radius 2 is 1.81 bits per heavy atom. The number of allylic oxidation sites excluding steroid dienone is 1. The van der Waals surface area contributed by atoms with Crippen LogP contribution in [0.15, 0.2) is 54.6 Å². The Kier molecular flexibility index (Phi) is 9.25. The first kappa shape index (κ1) is 25.4. The maximum absolute atomic E-state index is 12.2. The average Bonchev–Trinajstić information content (AvgIpc) is 2.73. The minimum atomic E-state index is -0.910. The summed E-state index contributed by atoms with van der Waals surface area (Å²) in [4.78, 5) is 35.4. The van der Waals surface area contributed by atoms with Gasteiger partial charge in [0.15, 0.2) is 0 Å². The number of ether oxygens (including phenoxy) is 3. The van der Waals surface area contributed by atoms with Crippen molar-refractivity contribution in [2.24, 2.45) is 0 Å². The van der Waals surface area contributed by atoms with Gasteiger partial charge in [-0.2, -0.15) is 0 Å². The van der Waals surface area contributed by atoms with Crippen molar-refractivity contribution in [3.05, 3.63) is 69.3 Å². The van der Waals surface area contributed by atoms with E-state index in [1.807, 2.05) is 36.4 Å². The second kappa shape index (κ2) is 11.7. The first-order chi connectivity index (χ1) is 15.1. The molecule has 0 aliphatic carbocycles. The average molecular weight is 551 g/mol. The first-order valence-corrected chi connectivity index (χ1v) is 11.0. The number of rotatable bonds is 8. The Hall–Kier alpha value is -2.88. The van der Waals surface area contributed by atoms with Crippen molar-refractivity contribution in [2.45, 2.75) is 38.8 Å². The van der Waals surface area contributed by atoms with Gasteiger partial charge in [0.1, 0.15) is 29.4 Å². The number of carbonyl (C=O) groups is 3. The summed E-state index contributed by atoms with van der Waals surface area (Å²) in [5, 5.41) is 2.56. The van der Waals surface area contributed by atoms with Crippen molar-refractivity contribution < 1.29 is 28.6 Å². The molecular weight excluding hydrogens is 525 g/mol. The van der Waals surface area contributed by atoms with Gasteiger partial charge in [-0.25, -0.2) is 9.59 Å². The molecule has 0 aliphatic rings. The van der Waals surface area contributed by atoms with E-state index in [1.165, 1.54) is 13.2 Å². The zero-order valence-corrected chi connectivity index (χ0v) is 20.5. The van der Waals surface area contributed by atoms with Crippen molar-refractivity contribution >= 4 is 46.7 Å². The largest absolute Gasteiger partial charge is 0.467 e. The Morgan fingerprint density at radius 1 is 1.12 bits per heavy atom. The molecule has 7 nitrogen and oxygen atoms in total. The number of aldehydes is 1. The molecule has 0 unspecified atom stereocenters. The quantitative estimate of drug-likeness (QED) is 0.171. The first-order valence-electron chi connectivity index (χ1n) is 9.87. The van der Waals surface area contributed by atoms with Gasteiger partial charge in [0.05, 0.1) is 10.7 Å². The van der Waals surface area contributed by atoms with Gasteiger partial charge < -0.3 is 19.5 Å². The molecule has 8 heteroatoms. The second-order valence-corrected chi connectivity index (χ2v) is 8.99. The molecule has 1 atom stereocenters. The predicted octanol–water partition coefficient (Wildman–Crippen LogP) is 4.52. The summed E-state index contributed by atoms with van der Waals surface area (Å²) in [7, 11) is 1.26. The minimum Gasteiger partial charge on any atom is -0.467 e. The lowest BCUT2D eigenvalue weighted by atomic mass is 10.1. The van der Waals surface area contributed by atoms with Gasteiger partial charge in [-0.15, -0.1) is 0 Å². The molecule has 0 fully saturated rings. The van der Waals surface area contributed by atoms with E-state index < -0.39 is 23.7 Å². The van der Waals surface area contributed by atoms with E-state index in [4.69, 9.17) is 14.2 Å². The third-order valence-electron chi connectivity index (χ3n) is 4.11. The zero-order valence-electron chi connectivity index (χ0n) is 18.4. The highest BCUT2D eigenvalue weighted by molar-refractivity contribution is 14.1. The summed E-state index contributed by atoms with van der Waals surface area (Å²) in [5.74, 6) is 0.401. The Morgan fingerprint density at radius 3 is 2.38 bits per heavy atom.